The highest BCUT2D eigenvalue weighted by molar-refractivity contribution is 6.05. The molecule has 2 unspecified atom stereocenters. The van der Waals surface area contributed by atoms with Crippen LogP contribution in [0, 0.1) is 0 Å². The van der Waals surface area contributed by atoms with E-state index in [4.69, 9.17) is 15.2 Å². The van der Waals surface area contributed by atoms with Gasteiger partial charge in [0.2, 0.25) is 0 Å². The number of aromatic carboxylic acids is 1. The number of nitrogens with zero attached hydrogens (tertiary/aromatic N) is 5. The molecule has 11 heteroatoms. The number of rotatable bonds is 9. The second kappa shape index (κ2) is 10.1. The van der Waals surface area contributed by atoms with Gasteiger partial charge in [-0.2, -0.15) is 0 Å². The van der Waals surface area contributed by atoms with Gasteiger partial charge in [0.1, 0.15) is 30.4 Å². The predicted molar refractivity (Wildman–Crippen MR) is 129 cm³/mol. The third kappa shape index (κ3) is 4.86. The summed E-state index contributed by atoms with van der Waals surface area (Å²) in [6, 6.07) is 8.05. The van der Waals surface area contributed by atoms with Gasteiger partial charge in [-0.15, -0.1) is 0 Å². The minimum Gasteiger partial charge on any atom is -0.489 e. The molecule has 0 radical (unpaired) electrons. The van der Waals surface area contributed by atoms with E-state index in [0.717, 1.165) is 18.4 Å². The van der Waals surface area contributed by atoms with E-state index < -0.39 is 5.97 Å². The molecular formula is C25H24N6O5. The maximum Gasteiger partial charge on any atom is 0.336 e. The molecule has 3 N–H and O–H groups in total. The van der Waals surface area contributed by atoms with E-state index in [0.29, 0.717) is 35.8 Å². The Labute approximate surface area is 205 Å². The maximum atomic E-state index is 12.6. The Bertz CT molecular complexity index is 1420. The summed E-state index contributed by atoms with van der Waals surface area (Å²) in [5.74, 6) is -0.446. The number of nitrogens with two attached hydrogens (primary N) is 1. The van der Waals surface area contributed by atoms with Crippen LogP contribution in [0.25, 0.3) is 11.2 Å². The summed E-state index contributed by atoms with van der Waals surface area (Å²) in [6.45, 7) is 0.344. The molecule has 4 heterocycles. The Hall–Kier alpha value is -4.38. The number of benzene rings is 1. The van der Waals surface area contributed by atoms with Crippen molar-refractivity contribution in [2.75, 3.05) is 12.3 Å². The first kappa shape index (κ1) is 23.4. The fourth-order valence-electron chi connectivity index (χ4n) is 4.27. The summed E-state index contributed by atoms with van der Waals surface area (Å²) in [5.41, 5.74) is 8.08. The lowest BCUT2D eigenvalue weighted by atomic mass is 9.99. The van der Waals surface area contributed by atoms with Crippen LogP contribution in [0.15, 0.2) is 55.4 Å². The standard InChI is InChI=1S/C25H24N6O5/c26-23-22-24(29-13-28-23)31(14-30-22)21-8-6-16(36-21)12-35-17-9-15(10-27-11-17)5-7-20(32)18-3-1-2-4-19(18)25(33)34/h1-4,9-11,13-14,16,21H,5-8,12H2,(H,33,34)(H2,26,28,29). The lowest BCUT2D eigenvalue weighted by molar-refractivity contribution is -0.0159. The maximum absolute atomic E-state index is 12.6. The Balaban J connectivity index is 1.16. The van der Waals surface area contributed by atoms with Gasteiger partial charge in [0.15, 0.2) is 17.2 Å². The normalized spacial score (nSPS) is 17.3. The zero-order valence-electron chi connectivity index (χ0n) is 19.3. The number of carboxylic acid groups (broad SMARTS) is 1. The van der Waals surface area contributed by atoms with E-state index in [-0.39, 0.29) is 35.7 Å². The van der Waals surface area contributed by atoms with Gasteiger partial charge in [-0.1, -0.05) is 18.2 Å². The molecule has 1 fully saturated rings. The molecule has 0 saturated carbocycles. The topological polar surface area (TPSA) is 155 Å². The van der Waals surface area contributed by atoms with Crippen LogP contribution in [0.1, 0.15) is 51.8 Å². The Morgan fingerprint density at radius 1 is 1.14 bits per heavy atom. The highest BCUT2D eigenvalue weighted by atomic mass is 16.6. The number of imidazole rings is 1. The number of Topliss-reactive ketones (excluding diaryl/α,β-unsaturated/α-hetero) is 1. The van der Waals surface area contributed by atoms with Crippen molar-refractivity contribution in [2.45, 2.75) is 38.0 Å². The van der Waals surface area contributed by atoms with E-state index in [1.54, 1.807) is 30.9 Å². The fraction of sp³-hybridized carbons (Fsp3) is 0.280. The van der Waals surface area contributed by atoms with Gasteiger partial charge in [0.05, 0.1) is 24.2 Å². The number of ketones is 1. The molecule has 0 aliphatic carbocycles. The van der Waals surface area contributed by atoms with Crippen LogP contribution in [-0.4, -0.2) is 54.1 Å². The van der Waals surface area contributed by atoms with Crippen LogP contribution in [0.4, 0.5) is 5.82 Å². The number of carboxylic acids is 1. The Morgan fingerprint density at radius 2 is 1.97 bits per heavy atom. The first-order chi connectivity index (χ1) is 17.5. The van der Waals surface area contributed by atoms with Crippen LogP contribution in [0.5, 0.6) is 5.75 Å². The van der Waals surface area contributed by atoms with Crippen LogP contribution >= 0.6 is 0 Å². The summed E-state index contributed by atoms with van der Waals surface area (Å²) in [5, 5.41) is 9.31. The molecular weight excluding hydrogens is 464 g/mol. The molecule has 5 rings (SSSR count). The van der Waals surface area contributed by atoms with Crippen molar-refractivity contribution in [1.82, 2.24) is 24.5 Å². The first-order valence-corrected chi connectivity index (χ1v) is 11.5. The van der Waals surface area contributed by atoms with E-state index in [9.17, 15) is 14.7 Å². The van der Waals surface area contributed by atoms with E-state index in [1.165, 1.54) is 18.5 Å². The molecule has 1 aromatic carbocycles. The number of anilines is 1. The molecule has 1 saturated heterocycles. The van der Waals surface area contributed by atoms with Crippen molar-refractivity contribution < 1.29 is 24.2 Å². The molecule has 0 amide bonds. The zero-order valence-corrected chi connectivity index (χ0v) is 19.3. The van der Waals surface area contributed by atoms with Gasteiger partial charge in [-0.3, -0.25) is 14.3 Å². The number of carbonyl (C=O) groups excluding carboxylic acids is 1. The summed E-state index contributed by atoms with van der Waals surface area (Å²) in [6.07, 6.45) is 8.16. The summed E-state index contributed by atoms with van der Waals surface area (Å²) in [4.78, 5) is 40.7. The number of aromatic nitrogens is 5. The van der Waals surface area contributed by atoms with Gasteiger partial charge in [-0.05, 0) is 37.0 Å². The van der Waals surface area contributed by atoms with Crippen molar-refractivity contribution in [1.29, 1.82) is 0 Å². The fourth-order valence-corrected chi connectivity index (χ4v) is 4.27. The first-order valence-electron chi connectivity index (χ1n) is 11.5. The molecule has 0 spiro atoms. The summed E-state index contributed by atoms with van der Waals surface area (Å²) in [7, 11) is 0. The lowest BCUT2D eigenvalue weighted by Crippen LogP contribution is -2.18. The van der Waals surface area contributed by atoms with Crippen molar-refractivity contribution in [3.05, 3.63) is 72.1 Å². The number of pyridine rings is 1. The van der Waals surface area contributed by atoms with Gasteiger partial charge in [0.25, 0.3) is 0 Å². The van der Waals surface area contributed by atoms with Gasteiger partial charge in [0, 0.05) is 18.2 Å². The summed E-state index contributed by atoms with van der Waals surface area (Å²) >= 11 is 0. The second-order valence-corrected chi connectivity index (χ2v) is 8.49. The van der Waals surface area contributed by atoms with Crippen molar-refractivity contribution in [2.24, 2.45) is 0 Å². The minimum absolute atomic E-state index is 0.00665. The van der Waals surface area contributed by atoms with Crippen molar-refractivity contribution in [3.63, 3.8) is 0 Å². The van der Waals surface area contributed by atoms with Gasteiger partial charge < -0.3 is 20.3 Å². The highest BCUT2D eigenvalue weighted by Gasteiger charge is 2.29. The largest absolute Gasteiger partial charge is 0.489 e. The number of hydrogen-bond acceptors (Lipinski definition) is 9. The molecule has 36 heavy (non-hydrogen) atoms. The average Bonchev–Trinajstić information content (AvgIpc) is 3.54. The predicted octanol–water partition coefficient (Wildman–Crippen LogP) is 3.07. The molecule has 2 atom stereocenters. The Morgan fingerprint density at radius 3 is 2.81 bits per heavy atom. The van der Waals surface area contributed by atoms with Crippen LogP contribution in [0.3, 0.4) is 0 Å². The molecule has 11 nitrogen and oxygen atoms in total. The van der Waals surface area contributed by atoms with Crippen molar-refractivity contribution >= 4 is 28.7 Å². The van der Waals surface area contributed by atoms with E-state index >= 15 is 0 Å². The van der Waals surface area contributed by atoms with E-state index in [1.807, 2.05) is 10.6 Å². The number of fused-ring (bicyclic) bond motifs is 1. The minimum atomic E-state index is -1.12. The van der Waals surface area contributed by atoms with Crippen LogP contribution in [0.2, 0.25) is 0 Å². The molecule has 1 aliphatic rings. The number of nitrogen functional groups attached to an aromatic ring is 1. The smallest absolute Gasteiger partial charge is 0.336 e. The number of carbonyl (C=O) groups is 2. The third-order valence-electron chi connectivity index (χ3n) is 6.09. The van der Waals surface area contributed by atoms with Crippen LogP contribution < -0.4 is 10.5 Å². The summed E-state index contributed by atoms with van der Waals surface area (Å²) < 4.78 is 13.9. The SMILES string of the molecule is Nc1ncnc2c1ncn2C1CCC(COc2cncc(CCC(=O)c3ccccc3C(=O)O)c2)O1. The van der Waals surface area contributed by atoms with Crippen LogP contribution in [-0.2, 0) is 11.2 Å². The average molecular weight is 489 g/mol. The molecule has 0 bridgehead atoms. The van der Waals surface area contributed by atoms with Crippen molar-refractivity contribution in [3.8, 4) is 5.75 Å². The van der Waals surface area contributed by atoms with Gasteiger partial charge in [-0.25, -0.2) is 19.7 Å². The zero-order chi connectivity index (χ0) is 25.1. The van der Waals surface area contributed by atoms with E-state index in [2.05, 4.69) is 19.9 Å². The number of ether oxygens (including phenoxy) is 2. The third-order valence-corrected chi connectivity index (χ3v) is 6.09. The second-order valence-electron chi connectivity index (χ2n) is 8.49. The highest BCUT2D eigenvalue weighted by Crippen LogP contribution is 2.31. The number of aryl methyl sites for hydroxylation is 1. The van der Waals surface area contributed by atoms with Gasteiger partial charge >= 0.3 is 5.97 Å². The molecule has 4 aromatic rings. The Kier molecular flexibility index (Phi) is 6.54. The number of hydrogen-bond donors (Lipinski definition) is 2. The quantitative estimate of drug-likeness (QED) is 0.336. The molecule has 3 aromatic heterocycles. The monoisotopic (exact) mass is 488 g/mol. The molecule has 184 valence electrons. The molecule has 1 aliphatic heterocycles. The lowest BCUT2D eigenvalue weighted by Gasteiger charge is -2.16.